The highest BCUT2D eigenvalue weighted by Crippen LogP contribution is 2.05. The van der Waals surface area contributed by atoms with Crippen LogP contribution in [0.1, 0.15) is 33.1 Å². The molecule has 0 aromatic rings. The van der Waals surface area contributed by atoms with E-state index in [0.717, 1.165) is 12.8 Å². The molecule has 0 aromatic heterocycles. The summed E-state index contributed by atoms with van der Waals surface area (Å²) in [6.07, 6.45) is 4.13. The maximum atomic E-state index is 10.8. The smallest absolute Gasteiger partial charge is 0.223 e. The van der Waals surface area contributed by atoms with Crippen LogP contribution >= 0.6 is 0 Å². The zero-order chi connectivity index (χ0) is 8.69. The highest BCUT2D eigenvalue weighted by Gasteiger charge is 1.99. The summed E-state index contributed by atoms with van der Waals surface area (Å²) in [6, 6.07) is 0. The molecule has 0 fully saturated rings. The molecule has 0 aromatic carbocycles. The molecule has 11 heavy (non-hydrogen) atoms. The first kappa shape index (κ1) is 10.2. The molecular weight excluding hydrogens is 138 g/mol. The minimum atomic E-state index is 0.0700. The van der Waals surface area contributed by atoms with E-state index in [1.165, 1.54) is 6.20 Å². The summed E-state index contributed by atoms with van der Waals surface area (Å²) in [6.45, 7) is 7.73. The molecular formula is C9H17NO. The van der Waals surface area contributed by atoms with Crippen LogP contribution < -0.4 is 5.32 Å². The summed E-state index contributed by atoms with van der Waals surface area (Å²) in [5.41, 5.74) is 0. The average molecular weight is 155 g/mol. The van der Waals surface area contributed by atoms with Crippen molar-refractivity contribution in [2.45, 2.75) is 33.1 Å². The molecule has 0 radical (unpaired) electrons. The van der Waals surface area contributed by atoms with Crippen molar-refractivity contribution < 1.29 is 4.79 Å². The Balaban J connectivity index is 3.24. The van der Waals surface area contributed by atoms with Crippen molar-refractivity contribution in [1.29, 1.82) is 0 Å². The zero-order valence-electron chi connectivity index (χ0n) is 7.39. The number of hydrogen-bond acceptors (Lipinski definition) is 1. The van der Waals surface area contributed by atoms with Gasteiger partial charge in [0.2, 0.25) is 5.91 Å². The third kappa shape index (κ3) is 7.10. The second kappa shape index (κ2) is 5.96. The van der Waals surface area contributed by atoms with Crippen molar-refractivity contribution in [3.8, 4) is 0 Å². The van der Waals surface area contributed by atoms with Crippen LogP contribution in [0.4, 0.5) is 0 Å². The van der Waals surface area contributed by atoms with Gasteiger partial charge in [-0.2, -0.15) is 0 Å². The van der Waals surface area contributed by atoms with Gasteiger partial charge in [0.15, 0.2) is 0 Å². The molecule has 0 unspecified atom stereocenters. The second-order valence-electron chi connectivity index (χ2n) is 3.06. The van der Waals surface area contributed by atoms with Crippen molar-refractivity contribution in [2.24, 2.45) is 5.92 Å². The van der Waals surface area contributed by atoms with Crippen LogP contribution in [0.3, 0.4) is 0 Å². The summed E-state index contributed by atoms with van der Waals surface area (Å²) < 4.78 is 0. The van der Waals surface area contributed by atoms with E-state index in [9.17, 15) is 4.79 Å². The number of carbonyl (C=O) groups excluding carboxylic acids is 1. The molecule has 2 nitrogen and oxygen atoms in total. The van der Waals surface area contributed by atoms with Gasteiger partial charge >= 0.3 is 0 Å². The Morgan fingerprint density at radius 3 is 2.73 bits per heavy atom. The van der Waals surface area contributed by atoms with E-state index < -0.39 is 0 Å². The lowest BCUT2D eigenvalue weighted by Crippen LogP contribution is -2.15. The van der Waals surface area contributed by atoms with E-state index in [2.05, 4.69) is 25.7 Å². The minimum Gasteiger partial charge on any atom is -0.333 e. The molecule has 0 atom stereocenters. The quantitative estimate of drug-likeness (QED) is 0.647. The Labute approximate surface area is 68.7 Å². The molecule has 0 bridgehead atoms. The van der Waals surface area contributed by atoms with Crippen molar-refractivity contribution in [2.75, 3.05) is 0 Å². The van der Waals surface area contributed by atoms with Gasteiger partial charge in [-0.3, -0.25) is 4.79 Å². The van der Waals surface area contributed by atoms with Crippen LogP contribution in [0.5, 0.6) is 0 Å². The van der Waals surface area contributed by atoms with Gasteiger partial charge in [0.25, 0.3) is 0 Å². The predicted octanol–water partition coefficient (Wildman–Crippen LogP) is 2.07. The molecule has 0 heterocycles. The molecule has 64 valence electrons. The molecule has 0 aliphatic heterocycles. The molecule has 0 aliphatic rings. The van der Waals surface area contributed by atoms with Crippen molar-refractivity contribution >= 4 is 5.91 Å². The third-order valence-corrected chi connectivity index (χ3v) is 1.45. The highest BCUT2D eigenvalue weighted by atomic mass is 16.1. The monoisotopic (exact) mass is 155 g/mol. The van der Waals surface area contributed by atoms with Gasteiger partial charge in [-0.1, -0.05) is 26.8 Å². The lowest BCUT2D eigenvalue weighted by molar-refractivity contribution is -0.120. The Morgan fingerprint density at radius 1 is 1.64 bits per heavy atom. The normalized spacial score (nSPS) is 9.73. The number of nitrogens with one attached hydrogen (secondary N) is 1. The van der Waals surface area contributed by atoms with Gasteiger partial charge in [0, 0.05) is 6.42 Å². The van der Waals surface area contributed by atoms with Gasteiger partial charge in [0.1, 0.15) is 0 Å². The maximum Gasteiger partial charge on any atom is 0.223 e. The molecule has 0 rings (SSSR count). The maximum absolute atomic E-state index is 10.8. The highest BCUT2D eigenvalue weighted by molar-refractivity contribution is 5.76. The van der Waals surface area contributed by atoms with E-state index >= 15 is 0 Å². The largest absolute Gasteiger partial charge is 0.333 e. The summed E-state index contributed by atoms with van der Waals surface area (Å²) in [4.78, 5) is 10.8. The molecule has 0 spiro atoms. The summed E-state index contributed by atoms with van der Waals surface area (Å²) in [7, 11) is 0. The molecule has 0 saturated carbocycles. The predicted molar refractivity (Wildman–Crippen MR) is 47.0 cm³/mol. The van der Waals surface area contributed by atoms with Crippen molar-refractivity contribution in [3.05, 3.63) is 12.8 Å². The lowest BCUT2D eigenvalue weighted by atomic mass is 10.1. The van der Waals surface area contributed by atoms with Crippen LogP contribution in [-0.4, -0.2) is 5.91 Å². The summed E-state index contributed by atoms with van der Waals surface area (Å²) >= 11 is 0. The first-order valence-corrected chi connectivity index (χ1v) is 4.07. The lowest BCUT2D eigenvalue weighted by Gasteiger charge is -2.02. The van der Waals surface area contributed by atoms with Crippen LogP contribution in [0.15, 0.2) is 12.8 Å². The van der Waals surface area contributed by atoms with Crippen LogP contribution in [0.25, 0.3) is 0 Å². The molecule has 0 aliphatic carbocycles. The van der Waals surface area contributed by atoms with Crippen LogP contribution in [0, 0.1) is 5.92 Å². The standard InChI is InChI=1S/C9H17NO/c1-4-10-9(11)7-5-6-8(2)3/h4,8H,1,5-7H2,2-3H3,(H,10,11). The van der Waals surface area contributed by atoms with E-state index in [1.807, 2.05) is 0 Å². The molecule has 1 amide bonds. The topological polar surface area (TPSA) is 29.1 Å². The van der Waals surface area contributed by atoms with E-state index in [-0.39, 0.29) is 5.91 Å². The number of rotatable bonds is 5. The zero-order valence-corrected chi connectivity index (χ0v) is 7.39. The fourth-order valence-electron chi connectivity index (χ4n) is 0.857. The fourth-order valence-corrected chi connectivity index (χ4v) is 0.857. The number of hydrogen-bond donors (Lipinski definition) is 1. The van der Waals surface area contributed by atoms with Crippen molar-refractivity contribution in [3.63, 3.8) is 0 Å². The Bertz CT molecular complexity index is 130. The Hall–Kier alpha value is -0.790. The number of amides is 1. The van der Waals surface area contributed by atoms with Crippen LogP contribution in [-0.2, 0) is 4.79 Å². The van der Waals surface area contributed by atoms with Gasteiger partial charge in [-0.25, -0.2) is 0 Å². The van der Waals surface area contributed by atoms with Gasteiger partial charge in [-0.05, 0) is 18.5 Å². The minimum absolute atomic E-state index is 0.0700. The summed E-state index contributed by atoms with van der Waals surface area (Å²) in [5, 5.41) is 2.54. The molecule has 2 heteroatoms. The molecule has 0 saturated heterocycles. The SMILES string of the molecule is C=CNC(=O)CCCC(C)C. The van der Waals surface area contributed by atoms with Gasteiger partial charge < -0.3 is 5.32 Å². The second-order valence-corrected chi connectivity index (χ2v) is 3.06. The first-order chi connectivity index (χ1) is 5.16. The Morgan fingerprint density at radius 2 is 2.27 bits per heavy atom. The Kier molecular flexibility index (Phi) is 5.53. The van der Waals surface area contributed by atoms with Crippen molar-refractivity contribution in [1.82, 2.24) is 5.32 Å². The first-order valence-electron chi connectivity index (χ1n) is 4.07. The third-order valence-electron chi connectivity index (χ3n) is 1.45. The van der Waals surface area contributed by atoms with Crippen LogP contribution in [0.2, 0.25) is 0 Å². The number of carbonyl (C=O) groups is 1. The van der Waals surface area contributed by atoms with E-state index in [1.54, 1.807) is 0 Å². The molecule has 1 N–H and O–H groups in total. The average Bonchev–Trinajstić information content (AvgIpc) is 1.87. The van der Waals surface area contributed by atoms with Gasteiger partial charge in [0.05, 0.1) is 0 Å². The summed E-state index contributed by atoms with van der Waals surface area (Å²) in [5.74, 6) is 0.757. The van der Waals surface area contributed by atoms with Gasteiger partial charge in [-0.15, -0.1) is 0 Å². The van der Waals surface area contributed by atoms with E-state index in [0.29, 0.717) is 12.3 Å². The van der Waals surface area contributed by atoms with E-state index in [4.69, 9.17) is 0 Å². The fraction of sp³-hybridized carbons (Fsp3) is 0.667.